The van der Waals surface area contributed by atoms with E-state index in [0.717, 1.165) is 24.6 Å². The SMILES string of the molecule is CCC1CN(CC(C(=O)O)c2ccccc2)C1. The number of nitrogens with zero attached hydrogens (tertiary/aromatic N) is 1. The highest BCUT2D eigenvalue weighted by atomic mass is 16.4. The molecular formula is C14H19NO2. The van der Waals surface area contributed by atoms with Crippen molar-refractivity contribution in [1.29, 1.82) is 0 Å². The summed E-state index contributed by atoms with van der Waals surface area (Å²) < 4.78 is 0. The summed E-state index contributed by atoms with van der Waals surface area (Å²) in [5.41, 5.74) is 0.903. The molecule has 0 aromatic heterocycles. The quantitative estimate of drug-likeness (QED) is 0.847. The fourth-order valence-corrected chi connectivity index (χ4v) is 2.35. The molecular weight excluding hydrogens is 214 g/mol. The Hall–Kier alpha value is -1.35. The van der Waals surface area contributed by atoms with Gasteiger partial charge < -0.3 is 10.0 Å². The molecule has 1 aromatic carbocycles. The Balaban J connectivity index is 1.98. The van der Waals surface area contributed by atoms with Crippen LogP contribution in [0.3, 0.4) is 0 Å². The van der Waals surface area contributed by atoms with Crippen molar-refractivity contribution in [3.63, 3.8) is 0 Å². The minimum absolute atomic E-state index is 0.394. The fourth-order valence-electron chi connectivity index (χ4n) is 2.35. The lowest BCUT2D eigenvalue weighted by atomic mass is 9.93. The zero-order valence-electron chi connectivity index (χ0n) is 10.2. The lowest BCUT2D eigenvalue weighted by molar-refractivity contribution is -0.139. The molecule has 0 amide bonds. The molecule has 1 fully saturated rings. The van der Waals surface area contributed by atoms with Crippen molar-refractivity contribution in [1.82, 2.24) is 4.90 Å². The monoisotopic (exact) mass is 233 g/mol. The number of likely N-dealkylation sites (tertiary alicyclic amines) is 1. The normalized spacial score (nSPS) is 18.6. The summed E-state index contributed by atoms with van der Waals surface area (Å²) in [5.74, 6) is -0.356. The number of carbonyl (C=O) groups is 1. The molecule has 0 spiro atoms. The second kappa shape index (κ2) is 5.32. The van der Waals surface area contributed by atoms with Gasteiger partial charge >= 0.3 is 5.97 Å². The second-order valence-corrected chi connectivity index (χ2v) is 4.79. The largest absolute Gasteiger partial charge is 0.481 e. The van der Waals surface area contributed by atoms with Gasteiger partial charge in [0.2, 0.25) is 0 Å². The molecule has 1 atom stereocenters. The van der Waals surface area contributed by atoms with Crippen LogP contribution in [0.25, 0.3) is 0 Å². The minimum atomic E-state index is -0.726. The first-order valence-corrected chi connectivity index (χ1v) is 6.20. The third kappa shape index (κ3) is 2.86. The second-order valence-electron chi connectivity index (χ2n) is 4.79. The Morgan fingerprint density at radius 2 is 2.06 bits per heavy atom. The number of aliphatic carboxylic acids is 1. The fraction of sp³-hybridized carbons (Fsp3) is 0.500. The maximum absolute atomic E-state index is 11.3. The van der Waals surface area contributed by atoms with Gasteiger partial charge in [-0.3, -0.25) is 4.79 Å². The van der Waals surface area contributed by atoms with E-state index in [1.54, 1.807) is 0 Å². The maximum Gasteiger partial charge on any atom is 0.312 e. The zero-order valence-corrected chi connectivity index (χ0v) is 10.2. The topological polar surface area (TPSA) is 40.5 Å². The third-order valence-corrected chi connectivity index (χ3v) is 3.55. The van der Waals surface area contributed by atoms with Crippen LogP contribution in [0.15, 0.2) is 30.3 Å². The van der Waals surface area contributed by atoms with E-state index in [9.17, 15) is 9.90 Å². The third-order valence-electron chi connectivity index (χ3n) is 3.55. The number of carboxylic acid groups (broad SMARTS) is 1. The Kier molecular flexibility index (Phi) is 3.79. The Morgan fingerprint density at radius 1 is 1.41 bits per heavy atom. The number of benzene rings is 1. The standard InChI is InChI=1S/C14H19NO2/c1-2-11-8-15(9-11)10-13(14(16)17)12-6-4-3-5-7-12/h3-7,11,13H,2,8-10H2,1H3,(H,16,17). The average Bonchev–Trinajstić information content (AvgIpc) is 2.28. The molecule has 1 saturated heterocycles. The maximum atomic E-state index is 11.3. The van der Waals surface area contributed by atoms with Gasteiger partial charge in [0.05, 0.1) is 5.92 Å². The van der Waals surface area contributed by atoms with Gasteiger partial charge in [0, 0.05) is 19.6 Å². The molecule has 3 nitrogen and oxygen atoms in total. The number of carboxylic acids is 1. The van der Waals surface area contributed by atoms with Gasteiger partial charge in [0.25, 0.3) is 0 Å². The predicted molar refractivity (Wildman–Crippen MR) is 67.0 cm³/mol. The van der Waals surface area contributed by atoms with Gasteiger partial charge in [0.1, 0.15) is 0 Å². The Morgan fingerprint density at radius 3 is 2.59 bits per heavy atom. The van der Waals surface area contributed by atoms with Crippen molar-refractivity contribution >= 4 is 5.97 Å². The molecule has 0 bridgehead atoms. The van der Waals surface area contributed by atoms with E-state index >= 15 is 0 Å². The van der Waals surface area contributed by atoms with Crippen molar-refractivity contribution in [2.24, 2.45) is 5.92 Å². The lowest BCUT2D eigenvalue weighted by Gasteiger charge is -2.40. The Labute approximate surface area is 102 Å². The first-order chi connectivity index (χ1) is 8.20. The summed E-state index contributed by atoms with van der Waals surface area (Å²) >= 11 is 0. The summed E-state index contributed by atoms with van der Waals surface area (Å²) in [6.45, 7) is 4.92. The summed E-state index contributed by atoms with van der Waals surface area (Å²) in [5, 5.41) is 9.29. The van der Waals surface area contributed by atoms with Gasteiger partial charge in [-0.1, -0.05) is 43.7 Å². The minimum Gasteiger partial charge on any atom is -0.481 e. The van der Waals surface area contributed by atoms with Crippen molar-refractivity contribution in [3.8, 4) is 0 Å². The molecule has 1 unspecified atom stereocenters. The van der Waals surface area contributed by atoms with Crippen LogP contribution in [0.2, 0.25) is 0 Å². The summed E-state index contributed by atoms with van der Waals surface area (Å²) in [6.07, 6.45) is 1.19. The average molecular weight is 233 g/mol. The summed E-state index contributed by atoms with van der Waals surface area (Å²) in [7, 11) is 0. The predicted octanol–water partition coefficient (Wildman–Crippen LogP) is 2.20. The molecule has 2 rings (SSSR count). The molecule has 0 aliphatic carbocycles. The number of rotatable bonds is 5. The molecule has 1 aliphatic heterocycles. The molecule has 1 aliphatic rings. The van der Waals surface area contributed by atoms with Gasteiger partial charge in [0.15, 0.2) is 0 Å². The van der Waals surface area contributed by atoms with Crippen LogP contribution in [0.5, 0.6) is 0 Å². The van der Waals surface area contributed by atoms with Crippen LogP contribution >= 0.6 is 0 Å². The summed E-state index contributed by atoms with van der Waals surface area (Å²) in [4.78, 5) is 13.5. The van der Waals surface area contributed by atoms with Crippen LogP contribution in [-0.2, 0) is 4.79 Å². The number of hydrogen-bond donors (Lipinski definition) is 1. The molecule has 1 aromatic rings. The van der Waals surface area contributed by atoms with Gasteiger partial charge in [-0.05, 0) is 11.5 Å². The highest BCUT2D eigenvalue weighted by molar-refractivity contribution is 5.76. The molecule has 17 heavy (non-hydrogen) atoms. The molecule has 1 N–H and O–H groups in total. The Bertz CT molecular complexity index is 371. The van der Waals surface area contributed by atoms with Gasteiger partial charge in [-0.15, -0.1) is 0 Å². The zero-order chi connectivity index (χ0) is 12.3. The van der Waals surface area contributed by atoms with Gasteiger partial charge in [-0.2, -0.15) is 0 Å². The smallest absolute Gasteiger partial charge is 0.312 e. The van der Waals surface area contributed by atoms with E-state index < -0.39 is 11.9 Å². The lowest BCUT2D eigenvalue weighted by Crippen LogP contribution is -2.48. The van der Waals surface area contributed by atoms with Crippen molar-refractivity contribution < 1.29 is 9.90 Å². The van der Waals surface area contributed by atoms with Crippen LogP contribution < -0.4 is 0 Å². The van der Waals surface area contributed by atoms with E-state index in [1.165, 1.54) is 6.42 Å². The van der Waals surface area contributed by atoms with Crippen LogP contribution in [-0.4, -0.2) is 35.6 Å². The van der Waals surface area contributed by atoms with E-state index in [2.05, 4.69) is 11.8 Å². The first kappa shape index (κ1) is 12.1. The molecule has 92 valence electrons. The van der Waals surface area contributed by atoms with Crippen LogP contribution in [0, 0.1) is 5.92 Å². The highest BCUT2D eigenvalue weighted by Crippen LogP contribution is 2.24. The first-order valence-electron chi connectivity index (χ1n) is 6.20. The van der Waals surface area contributed by atoms with E-state index in [-0.39, 0.29) is 0 Å². The van der Waals surface area contributed by atoms with E-state index in [1.807, 2.05) is 30.3 Å². The van der Waals surface area contributed by atoms with E-state index in [0.29, 0.717) is 6.54 Å². The molecule has 1 heterocycles. The van der Waals surface area contributed by atoms with Crippen LogP contribution in [0.4, 0.5) is 0 Å². The molecule has 3 heteroatoms. The highest BCUT2D eigenvalue weighted by Gasteiger charge is 2.30. The van der Waals surface area contributed by atoms with Crippen molar-refractivity contribution in [2.45, 2.75) is 19.3 Å². The van der Waals surface area contributed by atoms with Crippen molar-refractivity contribution in [3.05, 3.63) is 35.9 Å². The van der Waals surface area contributed by atoms with Gasteiger partial charge in [-0.25, -0.2) is 0 Å². The van der Waals surface area contributed by atoms with Crippen molar-refractivity contribution in [2.75, 3.05) is 19.6 Å². The van der Waals surface area contributed by atoms with Crippen LogP contribution in [0.1, 0.15) is 24.8 Å². The number of hydrogen-bond acceptors (Lipinski definition) is 2. The summed E-state index contributed by atoms with van der Waals surface area (Å²) in [6, 6.07) is 9.51. The molecule has 0 radical (unpaired) electrons. The van der Waals surface area contributed by atoms with E-state index in [4.69, 9.17) is 0 Å². The molecule has 0 saturated carbocycles.